The zero-order valence-electron chi connectivity index (χ0n) is 12.0. The van der Waals surface area contributed by atoms with Crippen LogP contribution >= 0.6 is 0 Å². The Kier molecular flexibility index (Phi) is 4.50. The fourth-order valence-electron chi connectivity index (χ4n) is 2.27. The quantitative estimate of drug-likeness (QED) is 0.620. The number of methoxy groups -OCH3 is 3. The maximum Gasteiger partial charge on any atom is 0.331 e. The molecule has 0 aromatic heterocycles. The predicted octanol–water partition coefficient (Wildman–Crippen LogP) is 1.75. The minimum absolute atomic E-state index is 0.344. The summed E-state index contributed by atoms with van der Waals surface area (Å²) >= 11 is 0. The molecule has 5 nitrogen and oxygen atoms in total. The maximum atomic E-state index is 11.1. The van der Waals surface area contributed by atoms with Crippen molar-refractivity contribution < 1.29 is 19.0 Å². The summed E-state index contributed by atoms with van der Waals surface area (Å²) in [7, 11) is 4.63. The van der Waals surface area contributed by atoms with Gasteiger partial charge < -0.3 is 19.1 Å². The molecule has 108 valence electrons. The predicted molar refractivity (Wildman–Crippen MR) is 74.8 cm³/mol. The van der Waals surface area contributed by atoms with Crippen molar-refractivity contribution in [1.29, 1.82) is 0 Å². The van der Waals surface area contributed by atoms with E-state index in [4.69, 9.17) is 9.47 Å². The Morgan fingerprint density at radius 2 is 1.80 bits per heavy atom. The minimum Gasteiger partial charge on any atom is -0.493 e. The van der Waals surface area contributed by atoms with Gasteiger partial charge in [-0.3, -0.25) is 0 Å². The average Bonchev–Trinajstić information content (AvgIpc) is 2.50. The number of hydrogen-bond acceptors (Lipinski definition) is 5. The number of hydrogen-bond donors (Lipinski definition) is 0. The molecule has 1 aromatic rings. The Balaban J connectivity index is 2.17. The molecule has 0 bridgehead atoms. The summed E-state index contributed by atoms with van der Waals surface area (Å²) in [5, 5.41) is 0. The maximum absolute atomic E-state index is 11.1. The summed E-state index contributed by atoms with van der Waals surface area (Å²) in [5.74, 6) is 1.14. The highest BCUT2D eigenvalue weighted by Gasteiger charge is 2.17. The van der Waals surface area contributed by atoms with Crippen molar-refractivity contribution in [3.05, 3.63) is 35.5 Å². The first kappa shape index (κ1) is 14.2. The normalized spacial score (nSPS) is 14.1. The summed E-state index contributed by atoms with van der Waals surface area (Å²) in [5.41, 5.74) is 2.44. The lowest BCUT2D eigenvalue weighted by atomic mass is 9.99. The van der Waals surface area contributed by atoms with Crippen molar-refractivity contribution in [2.45, 2.75) is 13.0 Å². The van der Waals surface area contributed by atoms with Gasteiger partial charge in [0.1, 0.15) is 0 Å². The molecule has 0 fully saturated rings. The molecule has 20 heavy (non-hydrogen) atoms. The fraction of sp³-hybridized carbons (Fsp3) is 0.400. The van der Waals surface area contributed by atoms with Gasteiger partial charge in [0.15, 0.2) is 11.5 Å². The van der Waals surface area contributed by atoms with Crippen LogP contribution in [0.3, 0.4) is 0 Å². The van der Waals surface area contributed by atoms with Crippen LogP contribution < -0.4 is 9.47 Å². The molecule has 1 aliphatic heterocycles. The van der Waals surface area contributed by atoms with E-state index in [1.54, 1.807) is 20.4 Å². The summed E-state index contributed by atoms with van der Waals surface area (Å²) in [6.45, 7) is 1.60. The van der Waals surface area contributed by atoms with E-state index in [1.165, 1.54) is 24.3 Å². The lowest BCUT2D eigenvalue weighted by molar-refractivity contribution is -0.134. The van der Waals surface area contributed by atoms with E-state index in [0.29, 0.717) is 0 Å². The number of carbonyl (C=O) groups is 1. The monoisotopic (exact) mass is 277 g/mol. The molecule has 0 amide bonds. The van der Waals surface area contributed by atoms with E-state index in [9.17, 15) is 4.79 Å². The smallest absolute Gasteiger partial charge is 0.331 e. The largest absolute Gasteiger partial charge is 0.493 e. The topological polar surface area (TPSA) is 48.0 Å². The van der Waals surface area contributed by atoms with Gasteiger partial charge in [-0.05, 0) is 29.7 Å². The van der Waals surface area contributed by atoms with Gasteiger partial charge in [-0.1, -0.05) is 0 Å². The molecule has 2 rings (SSSR count). The fourth-order valence-corrected chi connectivity index (χ4v) is 2.27. The Morgan fingerprint density at radius 1 is 1.15 bits per heavy atom. The Morgan fingerprint density at radius 3 is 2.40 bits per heavy atom. The second-order valence-corrected chi connectivity index (χ2v) is 4.54. The Hall–Kier alpha value is -2.17. The lowest BCUT2D eigenvalue weighted by Gasteiger charge is -2.28. The number of nitrogens with zero attached hydrogens (tertiary/aromatic N) is 1. The third-order valence-electron chi connectivity index (χ3n) is 3.37. The van der Waals surface area contributed by atoms with Gasteiger partial charge in [0, 0.05) is 25.4 Å². The van der Waals surface area contributed by atoms with Gasteiger partial charge >= 0.3 is 5.97 Å². The second-order valence-electron chi connectivity index (χ2n) is 4.54. The van der Waals surface area contributed by atoms with Crippen LogP contribution in [0.5, 0.6) is 11.5 Å². The number of esters is 1. The third kappa shape index (κ3) is 3.04. The van der Waals surface area contributed by atoms with Crippen LogP contribution in [0.15, 0.2) is 24.4 Å². The van der Waals surface area contributed by atoms with E-state index >= 15 is 0 Å². The van der Waals surface area contributed by atoms with E-state index in [1.807, 2.05) is 12.1 Å². The highest BCUT2D eigenvalue weighted by Crippen LogP contribution is 2.33. The molecule has 1 heterocycles. The van der Waals surface area contributed by atoms with E-state index in [2.05, 4.69) is 9.64 Å². The van der Waals surface area contributed by atoms with Crippen molar-refractivity contribution in [2.75, 3.05) is 27.9 Å². The first-order chi connectivity index (χ1) is 9.67. The summed E-state index contributed by atoms with van der Waals surface area (Å²) in [6, 6.07) is 4.02. The highest BCUT2D eigenvalue weighted by molar-refractivity contribution is 5.81. The van der Waals surface area contributed by atoms with Crippen LogP contribution in [0.2, 0.25) is 0 Å². The van der Waals surface area contributed by atoms with E-state index in [0.717, 1.165) is 31.0 Å². The van der Waals surface area contributed by atoms with Gasteiger partial charge in [0.25, 0.3) is 0 Å². The van der Waals surface area contributed by atoms with Crippen LogP contribution in [-0.2, 0) is 22.5 Å². The van der Waals surface area contributed by atoms with Gasteiger partial charge in [0.2, 0.25) is 0 Å². The molecule has 0 N–H and O–H groups in total. The lowest BCUT2D eigenvalue weighted by Crippen LogP contribution is -2.26. The van der Waals surface area contributed by atoms with Crippen molar-refractivity contribution in [3.8, 4) is 11.5 Å². The Bertz CT molecular complexity index is 525. The molecule has 1 aromatic carbocycles. The van der Waals surface area contributed by atoms with Crippen molar-refractivity contribution in [1.82, 2.24) is 4.90 Å². The molecular weight excluding hydrogens is 258 g/mol. The first-order valence-corrected chi connectivity index (χ1v) is 6.42. The number of benzene rings is 1. The molecule has 0 saturated heterocycles. The van der Waals surface area contributed by atoms with Gasteiger partial charge in [-0.25, -0.2) is 4.79 Å². The number of carbonyl (C=O) groups excluding carboxylic acids is 1. The van der Waals surface area contributed by atoms with E-state index < -0.39 is 0 Å². The zero-order valence-corrected chi connectivity index (χ0v) is 12.0. The van der Waals surface area contributed by atoms with Crippen LogP contribution in [-0.4, -0.2) is 38.7 Å². The number of ether oxygens (including phenoxy) is 3. The van der Waals surface area contributed by atoms with Crippen LogP contribution in [0, 0.1) is 0 Å². The van der Waals surface area contributed by atoms with Crippen LogP contribution in [0.25, 0.3) is 0 Å². The van der Waals surface area contributed by atoms with Gasteiger partial charge in [0.05, 0.1) is 21.3 Å². The van der Waals surface area contributed by atoms with Crippen molar-refractivity contribution in [2.24, 2.45) is 0 Å². The number of fused-ring (bicyclic) bond motifs is 1. The molecule has 0 atom stereocenters. The van der Waals surface area contributed by atoms with Crippen LogP contribution in [0.1, 0.15) is 11.1 Å². The molecular formula is C15H19NO4. The third-order valence-corrected chi connectivity index (χ3v) is 3.37. The van der Waals surface area contributed by atoms with E-state index in [-0.39, 0.29) is 5.97 Å². The number of rotatable bonds is 4. The molecule has 1 aliphatic rings. The summed E-state index contributed by atoms with van der Waals surface area (Å²) < 4.78 is 15.2. The SMILES string of the molecule is COC(=O)/C=C/N1CCc2cc(OC)c(OC)cc2C1. The molecule has 0 aliphatic carbocycles. The first-order valence-electron chi connectivity index (χ1n) is 6.42. The molecule has 0 spiro atoms. The van der Waals surface area contributed by atoms with Crippen molar-refractivity contribution in [3.63, 3.8) is 0 Å². The average molecular weight is 277 g/mol. The molecule has 0 saturated carbocycles. The molecule has 5 heteroatoms. The highest BCUT2D eigenvalue weighted by atomic mass is 16.5. The summed E-state index contributed by atoms with van der Waals surface area (Å²) in [4.78, 5) is 13.2. The minimum atomic E-state index is -0.344. The molecule has 0 unspecified atom stereocenters. The second kappa shape index (κ2) is 6.32. The summed E-state index contributed by atoms with van der Waals surface area (Å²) in [6.07, 6.45) is 4.11. The standard InChI is InChI=1S/C15H19NO4/c1-18-13-8-11-4-6-16(7-5-15(17)20-3)10-12(11)9-14(13)19-2/h5,7-9H,4,6,10H2,1-3H3/b7-5+. The van der Waals surface area contributed by atoms with Crippen molar-refractivity contribution >= 4 is 5.97 Å². The van der Waals surface area contributed by atoms with Gasteiger partial charge in [-0.2, -0.15) is 0 Å². The molecule has 0 radical (unpaired) electrons. The van der Waals surface area contributed by atoms with Gasteiger partial charge in [-0.15, -0.1) is 0 Å². The Labute approximate surface area is 118 Å². The van der Waals surface area contributed by atoms with Crippen LogP contribution in [0.4, 0.5) is 0 Å². The zero-order chi connectivity index (χ0) is 14.5.